The van der Waals surface area contributed by atoms with Crippen LogP contribution in [0, 0.1) is 19.3 Å². The molecular formula is C43H64O10. The summed E-state index contributed by atoms with van der Waals surface area (Å²) in [7, 11) is 0. The molecule has 2 saturated heterocycles. The number of ether oxygens (including phenoxy) is 6. The van der Waals surface area contributed by atoms with E-state index in [0.717, 1.165) is 33.4 Å². The predicted molar refractivity (Wildman–Crippen MR) is 203 cm³/mol. The van der Waals surface area contributed by atoms with E-state index in [2.05, 4.69) is 41.5 Å². The minimum absolute atomic E-state index is 0.217. The lowest BCUT2D eigenvalue weighted by Crippen LogP contribution is -2.53. The second-order valence-corrected chi connectivity index (χ2v) is 18.6. The van der Waals surface area contributed by atoms with E-state index in [9.17, 15) is 19.8 Å². The number of carbonyl (C=O) groups excluding carboxylic acids is 2. The van der Waals surface area contributed by atoms with Crippen molar-refractivity contribution in [3.63, 3.8) is 0 Å². The number of benzene rings is 2. The van der Waals surface area contributed by atoms with Crippen LogP contribution in [0.1, 0.15) is 128 Å². The zero-order valence-electron chi connectivity index (χ0n) is 34.2. The van der Waals surface area contributed by atoms with Gasteiger partial charge in [-0.3, -0.25) is 9.59 Å². The van der Waals surface area contributed by atoms with Crippen LogP contribution in [0.2, 0.25) is 0 Å². The first-order chi connectivity index (χ1) is 24.4. The molecule has 1 spiro atoms. The third kappa shape index (κ3) is 11.9. The van der Waals surface area contributed by atoms with E-state index >= 15 is 0 Å². The molecule has 2 heterocycles. The Hall–Kier alpha value is -3.18. The van der Waals surface area contributed by atoms with Gasteiger partial charge in [-0.1, -0.05) is 65.8 Å². The highest BCUT2D eigenvalue weighted by atomic mass is 16.7. The Labute approximate surface area is 316 Å². The van der Waals surface area contributed by atoms with Crippen LogP contribution in [0.15, 0.2) is 24.3 Å². The molecule has 2 aliphatic rings. The molecule has 296 valence electrons. The molecule has 2 aromatic rings. The third-order valence-electron chi connectivity index (χ3n) is 9.97. The summed E-state index contributed by atoms with van der Waals surface area (Å²) in [5.74, 6) is -0.00400. The van der Waals surface area contributed by atoms with E-state index in [1.807, 2.05) is 65.8 Å². The summed E-state index contributed by atoms with van der Waals surface area (Å²) >= 11 is 0. The van der Waals surface area contributed by atoms with Gasteiger partial charge >= 0.3 is 11.9 Å². The van der Waals surface area contributed by atoms with Gasteiger partial charge < -0.3 is 38.6 Å². The maximum atomic E-state index is 12.9. The molecule has 10 heteroatoms. The van der Waals surface area contributed by atoms with Crippen molar-refractivity contribution < 1.29 is 48.2 Å². The van der Waals surface area contributed by atoms with Gasteiger partial charge in [0.25, 0.3) is 0 Å². The first kappa shape index (κ1) is 42.6. The van der Waals surface area contributed by atoms with Crippen molar-refractivity contribution >= 4 is 11.9 Å². The standard InChI is InChI=1S/C43H64O10/c1-27-17-29(19-31(37(27)46)39(3,4)5)13-15-33(44)52-41(9,10)21-35-48-23-43(24-49-35)25-50-36(51-26-43)22-42(11,12)53-34(45)16-14-30-18-28(2)38(47)32(20-30)40(6,7)8/h17-20,35-36,46-47H,13-16,21-26H2,1-12H3. The lowest BCUT2D eigenvalue weighted by atomic mass is 9.83. The zero-order chi connectivity index (χ0) is 39.6. The monoisotopic (exact) mass is 740 g/mol. The fourth-order valence-corrected chi connectivity index (χ4v) is 6.90. The first-order valence-corrected chi connectivity index (χ1v) is 18.9. The van der Waals surface area contributed by atoms with E-state index in [0.29, 0.717) is 63.6 Å². The molecule has 0 unspecified atom stereocenters. The molecule has 2 N–H and O–H groups in total. The molecule has 0 saturated carbocycles. The van der Waals surface area contributed by atoms with Gasteiger partial charge in [0.2, 0.25) is 0 Å². The summed E-state index contributed by atoms with van der Waals surface area (Å²) in [5.41, 5.74) is 2.78. The lowest BCUT2D eigenvalue weighted by molar-refractivity contribution is -0.312. The number of hydrogen-bond donors (Lipinski definition) is 2. The maximum Gasteiger partial charge on any atom is 0.306 e. The Kier molecular flexibility index (Phi) is 13.1. The highest BCUT2D eigenvalue weighted by Crippen LogP contribution is 2.37. The van der Waals surface area contributed by atoms with E-state index in [4.69, 9.17) is 28.4 Å². The quantitative estimate of drug-likeness (QED) is 0.206. The van der Waals surface area contributed by atoms with E-state index in [1.54, 1.807) is 0 Å². The second-order valence-electron chi connectivity index (χ2n) is 18.6. The van der Waals surface area contributed by atoms with E-state index in [1.165, 1.54) is 0 Å². The van der Waals surface area contributed by atoms with Crippen LogP contribution in [-0.4, -0.2) is 72.4 Å². The molecule has 0 aromatic heterocycles. The Bertz CT molecular complexity index is 1470. The number of esters is 2. The fraction of sp³-hybridized carbons (Fsp3) is 0.674. The molecule has 2 aromatic carbocycles. The first-order valence-electron chi connectivity index (χ1n) is 18.9. The second kappa shape index (κ2) is 16.3. The summed E-state index contributed by atoms with van der Waals surface area (Å²) in [5, 5.41) is 21.1. The van der Waals surface area contributed by atoms with Crippen LogP contribution >= 0.6 is 0 Å². The molecule has 4 rings (SSSR count). The van der Waals surface area contributed by atoms with Crippen molar-refractivity contribution in [3.8, 4) is 11.5 Å². The van der Waals surface area contributed by atoms with Gasteiger partial charge in [0.15, 0.2) is 12.6 Å². The number of phenols is 2. The van der Waals surface area contributed by atoms with Crippen molar-refractivity contribution in [2.24, 2.45) is 5.41 Å². The molecule has 0 amide bonds. The Morgan fingerprint density at radius 1 is 0.623 bits per heavy atom. The predicted octanol–water partition coefficient (Wildman–Crippen LogP) is 8.03. The molecule has 10 nitrogen and oxygen atoms in total. The summed E-state index contributed by atoms with van der Waals surface area (Å²) in [4.78, 5) is 25.7. The minimum atomic E-state index is -0.806. The van der Waals surface area contributed by atoms with E-state index in [-0.39, 0.29) is 35.6 Å². The van der Waals surface area contributed by atoms with Gasteiger partial charge in [-0.2, -0.15) is 0 Å². The van der Waals surface area contributed by atoms with Crippen molar-refractivity contribution in [1.82, 2.24) is 0 Å². The van der Waals surface area contributed by atoms with Crippen molar-refractivity contribution in [2.45, 2.75) is 156 Å². The molecule has 0 aliphatic carbocycles. The molecule has 0 radical (unpaired) electrons. The molecule has 2 aliphatic heterocycles. The van der Waals surface area contributed by atoms with E-state index < -0.39 is 29.2 Å². The van der Waals surface area contributed by atoms with Gasteiger partial charge in [-0.05, 0) is 98.6 Å². The third-order valence-corrected chi connectivity index (χ3v) is 9.97. The van der Waals surface area contributed by atoms with Crippen LogP contribution in [-0.2, 0) is 61.7 Å². The number of aryl methyl sites for hydroxylation is 4. The van der Waals surface area contributed by atoms with Crippen LogP contribution < -0.4 is 0 Å². The summed E-state index contributed by atoms with van der Waals surface area (Å²) in [6, 6.07) is 7.79. The minimum Gasteiger partial charge on any atom is -0.507 e. The molecule has 0 bridgehead atoms. The average Bonchev–Trinajstić information content (AvgIpc) is 3.02. The van der Waals surface area contributed by atoms with Gasteiger partial charge in [-0.15, -0.1) is 0 Å². The number of rotatable bonds is 12. The van der Waals surface area contributed by atoms with Gasteiger partial charge in [0.05, 0.1) is 31.8 Å². The Balaban J connectivity index is 1.18. The summed E-state index contributed by atoms with van der Waals surface area (Å²) < 4.78 is 36.1. The molecular weight excluding hydrogens is 676 g/mol. The number of hydrogen-bond acceptors (Lipinski definition) is 10. The van der Waals surface area contributed by atoms with Crippen molar-refractivity contribution in [2.75, 3.05) is 26.4 Å². The summed E-state index contributed by atoms with van der Waals surface area (Å²) in [6.07, 6.45) is 1.12. The molecule has 53 heavy (non-hydrogen) atoms. The SMILES string of the molecule is Cc1cc(CCC(=O)OC(C)(C)CC2OCC3(CO2)COC(CC(C)(C)OC(=O)CCc2cc(C)c(O)c(C(C)(C)C)c2)OC3)cc(C(C)(C)C)c1O. The van der Waals surface area contributed by atoms with Crippen LogP contribution in [0.4, 0.5) is 0 Å². The highest BCUT2D eigenvalue weighted by Gasteiger charge is 2.44. The largest absolute Gasteiger partial charge is 0.507 e. The Morgan fingerprint density at radius 2 is 0.943 bits per heavy atom. The average molecular weight is 741 g/mol. The van der Waals surface area contributed by atoms with Crippen molar-refractivity contribution in [3.05, 3.63) is 57.6 Å². The summed E-state index contributed by atoms with van der Waals surface area (Å²) in [6.45, 7) is 25.0. The van der Waals surface area contributed by atoms with Gasteiger partial charge in [-0.25, -0.2) is 0 Å². The fourth-order valence-electron chi connectivity index (χ4n) is 6.90. The smallest absolute Gasteiger partial charge is 0.306 e. The van der Waals surface area contributed by atoms with Gasteiger partial charge in [0, 0.05) is 25.7 Å². The van der Waals surface area contributed by atoms with Crippen LogP contribution in [0.3, 0.4) is 0 Å². The Morgan fingerprint density at radius 3 is 1.25 bits per heavy atom. The zero-order valence-corrected chi connectivity index (χ0v) is 34.2. The molecule has 2 fully saturated rings. The van der Waals surface area contributed by atoms with Crippen LogP contribution in [0.25, 0.3) is 0 Å². The topological polar surface area (TPSA) is 130 Å². The highest BCUT2D eigenvalue weighted by molar-refractivity contribution is 5.71. The van der Waals surface area contributed by atoms with Crippen LogP contribution in [0.5, 0.6) is 11.5 Å². The molecule has 0 atom stereocenters. The van der Waals surface area contributed by atoms with Crippen molar-refractivity contribution in [1.29, 1.82) is 0 Å². The van der Waals surface area contributed by atoms with Gasteiger partial charge in [0.1, 0.15) is 22.7 Å². The number of carbonyl (C=O) groups is 2. The number of phenolic OH excluding ortho intramolecular Hbond substituents is 2. The normalized spacial score (nSPS) is 21.4. The number of aromatic hydroxyl groups is 2. The maximum absolute atomic E-state index is 12.9. The lowest BCUT2D eigenvalue weighted by Gasteiger charge is -2.45.